The van der Waals surface area contributed by atoms with E-state index in [1.165, 1.54) is 0 Å². The van der Waals surface area contributed by atoms with Crippen LogP contribution in [0.5, 0.6) is 0 Å². The van der Waals surface area contributed by atoms with Crippen LogP contribution in [-0.2, 0) is 0 Å². The van der Waals surface area contributed by atoms with Crippen LogP contribution in [-0.4, -0.2) is 6.21 Å². The predicted molar refractivity (Wildman–Crippen MR) is 88.3 cm³/mol. The fourth-order valence-electron chi connectivity index (χ4n) is 1.94. The molecule has 3 aromatic rings. The van der Waals surface area contributed by atoms with E-state index in [4.69, 9.17) is 10.2 Å². The number of aliphatic imine (C=N–C) groups is 1. The van der Waals surface area contributed by atoms with Gasteiger partial charge in [-0.1, -0.05) is 34.1 Å². The van der Waals surface area contributed by atoms with Crippen molar-refractivity contribution in [2.75, 3.05) is 5.73 Å². The van der Waals surface area contributed by atoms with Gasteiger partial charge in [0.05, 0.1) is 0 Å². The lowest BCUT2D eigenvalue weighted by atomic mass is 10.2. The average molecular weight is 343 g/mol. The van der Waals surface area contributed by atoms with Gasteiger partial charge in [0.25, 0.3) is 0 Å². The third-order valence-electron chi connectivity index (χ3n) is 3.01. The van der Waals surface area contributed by atoms with E-state index in [2.05, 4.69) is 20.9 Å². The van der Waals surface area contributed by atoms with Crippen molar-refractivity contribution in [3.05, 3.63) is 69.0 Å². The van der Waals surface area contributed by atoms with Gasteiger partial charge in [0.2, 0.25) is 0 Å². The minimum atomic E-state index is -0.476. The Balaban J connectivity index is 2.06. The zero-order valence-corrected chi connectivity index (χ0v) is 12.5. The second-order valence-corrected chi connectivity index (χ2v) is 5.40. The third-order valence-corrected chi connectivity index (χ3v) is 3.51. The van der Waals surface area contributed by atoms with E-state index in [1.807, 2.05) is 30.3 Å². The number of hydrogen-bond acceptors (Lipinski definition) is 4. The largest absolute Gasteiger partial charge is 0.421 e. The van der Waals surface area contributed by atoms with E-state index in [-0.39, 0.29) is 5.69 Å². The average Bonchev–Trinajstić information content (AvgIpc) is 2.47. The normalized spacial score (nSPS) is 11.3. The summed E-state index contributed by atoms with van der Waals surface area (Å²) < 4.78 is 6.15. The number of rotatable bonds is 2. The Kier molecular flexibility index (Phi) is 3.58. The molecule has 2 aromatic carbocycles. The first-order valence-electron chi connectivity index (χ1n) is 6.25. The highest BCUT2D eigenvalue weighted by Gasteiger charge is 2.04. The predicted octanol–water partition coefficient (Wildman–Crippen LogP) is 3.89. The maximum absolute atomic E-state index is 11.9. The molecule has 5 heteroatoms. The molecule has 0 aliphatic heterocycles. The molecular formula is C16H11BrN2O2. The van der Waals surface area contributed by atoms with E-state index in [1.54, 1.807) is 24.4 Å². The summed E-state index contributed by atoms with van der Waals surface area (Å²) in [5.41, 5.74) is 7.49. The molecule has 0 atom stereocenters. The summed E-state index contributed by atoms with van der Waals surface area (Å²) >= 11 is 3.39. The second-order valence-electron chi connectivity index (χ2n) is 4.49. The fourth-order valence-corrected chi connectivity index (χ4v) is 2.32. The maximum Gasteiger partial charge on any atom is 0.362 e. The maximum atomic E-state index is 11.9. The van der Waals surface area contributed by atoms with Crippen molar-refractivity contribution in [1.82, 2.24) is 0 Å². The van der Waals surface area contributed by atoms with Crippen LogP contribution in [0, 0.1) is 0 Å². The molecule has 0 saturated heterocycles. The van der Waals surface area contributed by atoms with Gasteiger partial charge >= 0.3 is 5.63 Å². The Morgan fingerprint density at radius 2 is 1.95 bits per heavy atom. The van der Waals surface area contributed by atoms with E-state index in [9.17, 15) is 4.79 Å². The number of nitrogen functional groups attached to an aromatic ring is 1. The first-order valence-corrected chi connectivity index (χ1v) is 7.05. The Morgan fingerprint density at radius 1 is 1.14 bits per heavy atom. The van der Waals surface area contributed by atoms with Crippen LogP contribution in [0.15, 0.2) is 67.2 Å². The Morgan fingerprint density at radius 3 is 2.76 bits per heavy atom. The third kappa shape index (κ3) is 2.87. The molecule has 0 radical (unpaired) electrons. The van der Waals surface area contributed by atoms with E-state index in [0.717, 1.165) is 15.4 Å². The molecule has 0 spiro atoms. The molecule has 0 fully saturated rings. The molecule has 0 aliphatic rings. The van der Waals surface area contributed by atoms with Gasteiger partial charge in [0, 0.05) is 27.3 Å². The zero-order chi connectivity index (χ0) is 14.8. The number of para-hydroxylation sites is 1. The van der Waals surface area contributed by atoms with Crippen LogP contribution in [0.1, 0.15) is 5.56 Å². The Bertz CT molecular complexity index is 900. The minimum Gasteiger partial charge on any atom is -0.421 e. The first-order chi connectivity index (χ1) is 10.1. The molecule has 1 heterocycles. The molecule has 2 N–H and O–H groups in total. The highest BCUT2D eigenvalue weighted by molar-refractivity contribution is 9.10. The molecule has 104 valence electrons. The highest BCUT2D eigenvalue weighted by atomic mass is 79.9. The lowest BCUT2D eigenvalue weighted by Crippen LogP contribution is -1.98. The fraction of sp³-hybridized carbons (Fsp3) is 0. The van der Waals surface area contributed by atoms with Gasteiger partial charge in [-0.15, -0.1) is 0 Å². The summed E-state index contributed by atoms with van der Waals surface area (Å²) in [7, 11) is 0. The monoisotopic (exact) mass is 342 g/mol. The standard InChI is InChI=1S/C16H11BrN2O2/c17-12-5-6-15-11(7-12)8-14(16(20)21-15)19-9-10-3-1-2-4-13(10)18/h1-9H,18H2. The number of fused-ring (bicyclic) bond motifs is 1. The summed E-state index contributed by atoms with van der Waals surface area (Å²) in [4.78, 5) is 16.1. The molecule has 0 bridgehead atoms. The number of anilines is 1. The topological polar surface area (TPSA) is 68.6 Å². The summed E-state index contributed by atoms with van der Waals surface area (Å²) in [6, 6.07) is 14.4. The smallest absolute Gasteiger partial charge is 0.362 e. The molecule has 3 rings (SSSR count). The molecule has 0 unspecified atom stereocenters. The SMILES string of the molecule is Nc1ccccc1C=Nc1cc2cc(Br)ccc2oc1=O. The Labute approximate surface area is 129 Å². The van der Waals surface area contributed by atoms with Crippen LogP contribution < -0.4 is 11.4 Å². The van der Waals surface area contributed by atoms with Crippen LogP contribution in [0.4, 0.5) is 11.4 Å². The van der Waals surface area contributed by atoms with Crippen LogP contribution in [0.25, 0.3) is 11.0 Å². The summed E-state index contributed by atoms with van der Waals surface area (Å²) in [5, 5.41) is 0.803. The number of benzene rings is 2. The molecule has 21 heavy (non-hydrogen) atoms. The van der Waals surface area contributed by atoms with Crippen molar-refractivity contribution in [3.63, 3.8) is 0 Å². The molecular weight excluding hydrogens is 332 g/mol. The molecule has 0 amide bonds. The van der Waals surface area contributed by atoms with Crippen molar-refractivity contribution >= 4 is 44.5 Å². The van der Waals surface area contributed by atoms with E-state index < -0.39 is 5.63 Å². The van der Waals surface area contributed by atoms with Crippen LogP contribution in [0.2, 0.25) is 0 Å². The van der Waals surface area contributed by atoms with Gasteiger partial charge in [-0.05, 0) is 30.3 Å². The van der Waals surface area contributed by atoms with E-state index in [0.29, 0.717) is 11.3 Å². The van der Waals surface area contributed by atoms with Gasteiger partial charge in [-0.25, -0.2) is 9.79 Å². The molecule has 4 nitrogen and oxygen atoms in total. The summed E-state index contributed by atoms with van der Waals surface area (Å²) in [5.74, 6) is 0. The van der Waals surface area contributed by atoms with Crippen LogP contribution >= 0.6 is 15.9 Å². The van der Waals surface area contributed by atoms with E-state index >= 15 is 0 Å². The second kappa shape index (κ2) is 5.54. The highest BCUT2D eigenvalue weighted by Crippen LogP contribution is 2.22. The van der Waals surface area contributed by atoms with Gasteiger partial charge in [-0.3, -0.25) is 0 Å². The van der Waals surface area contributed by atoms with Crippen LogP contribution in [0.3, 0.4) is 0 Å². The quantitative estimate of drug-likeness (QED) is 0.436. The van der Waals surface area contributed by atoms with Crippen molar-refractivity contribution in [2.24, 2.45) is 4.99 Å². The molecule has 0 aliphatic carbocycles. The molecule has 0 saturated carbocycles. The first kappa shape index (κ1) is 13.6. The van der Waals surface area contributed by atoms with Crippen molar-refractivity contribution in [3.8, 4) is 0 Å². The lowest BCUT2D eigenvalue weighted by molar-refractivity contribution is 0.563. The number of nitrogens with two attached hydrogens (primary N) is 1. The van der Waals surface area contributed by atoms with Gasteiger partial charge in [0.1, 0.15) is 11.3 Å². The van der Waals surface area contributed by atoms with Gasteiger partial charge < -0.3 is 10.2 Å². The van der Waals surface area contributed by atoms with Crippen molar-refractivity contribution in [2.45, 2.75) is 0 Å². The zero-order valence-electron chi connectivity index (χ0n) is 10.9. The van der Waals surface area contributed by atoms with Gasteiger partial charge in [-0.2, -0.15) is 0 Å². The van der Waals surface area contributed by atoms with Gasteiger partial charge in [0.15, 0.2) is 0 Å². The lowest BCUT2D eigenvalue weighted by Gasteiger charge is -2.00. The number of nitrogens with zero attached hydrogens (tertiary/aromatic N) is 1. The van der Waals surface area contributed by atoms with Crippen molar-refractivity contribution < 1.29 is 4.42 Å². The minimum absolute atomic E-state index is 0.240. The summed E-state index contributed by atoms with van der Waals surface area (Å²) in [6.07, 6.45) is 1.56. The Hall–Kier alpha value is -2.40. The summed E-state index contributed by atoms with van der Waals surface area (Å²) in [6.45, 7) is 0. The number of hydrogen-bond donors (Lipinski definition) is 1. The number of halogens is 1. The molecule has 1 aromatic heterocycles. The van der Waals surface area contributed by atoms with Crippen molar-refractivity contribution in [1.29, 1.82) is 0 Å².